The van der Waals surface area contributed by atoms with Crippen LogP contribution in [0.5, 0.6) is 0 Å². The first kappa shape index (κ1) is 41.9. The summed E-state index contributed by atoms with van der Waals surface area (Å²) in [7, 11) is 0. The molecule has 0 amide bonds. The standard InChI is InChI=1S/C62H65BN2/c1-58(2,3)40-21-16-36(17-22-40)38-20-26-53-45(28-38)48-29-39(37-18-23-41(24-19-37)59(4,5)6)30-49-47-32-44(62(13,14)15)35-54-55(47)63(65(53)56(48)49)51-34-43(61(10,11)12)33-50-46-31-42(60(7,8)9)25-27-52(46)64(54)57(50)51/h16-35H,1-15H3. The molecule has 2 aromatic heterocycles. The maximum Gasteiger partial charge on any atom is 0.333 e. The third-order valence-corrected chi connectivity index (χ3v) is 15.1. The number of nitrogens with zero attached hydrogens (tertiary/aromatic N) is 2. The molecule has 4 heterocycles. The number of hydrogen-bond donors (Lipinski definition) is 0. The topological polar surface area (TPSA) is 9.86 Å². The van der Waals surface area contributed by atoms with E-state index in [1.807, 2.05) is 0 Å². The van der Waals surface area contributed by atoms with E-state index >= 15 is 0 Å². The zero-order valence-electron chi connectivity index (χ0n) is 41.5. The monoisotopic (exact) mass is 849 g/mol. The number of hydrogen-bond acceptors (Lipinski definition) is 0. The van der Waals surface area contributed by atoms with Crippen molar-refractivity contribution in [2.45, 2.75) is 131 Å². The quantitative estimate of drug-likeness (QED) is 0.153. The predicted octanol–water partition coefficient (Wildman–Crippen LogP) is 15.7. The molecule has 7 aromatic carbocycles. The van der Waals surface area contributed by atoms with Gasteiger partial charge in [0, 0.05) is 43.8 Å². The fraction of sp³-hybridized carbons (Fsp3) is 0.323. The van der Waals surface area contributed by atoms with Crippen LogP contribution in [0.3, 0.4) is 0 Å². The third kappa shape index (κ3) is 6.35. The van der Waals surface area contributed by atoms with Gasteiger partial charge >= 0.3 is 6.85 Å². The lowest BCUT2D eigenvalue weighted by Gasteiger charge is -2.36. The van der Waals surface area contributed by atoms with E-state index in [1.54, 1.807) is 0 Å². The molecule has 0 saturated carbocycles. The van der Waals surface area contributed by atoms with Crippen molar-refractivity contribution in [1.82, 2.24) is 9.05 Å². The summed E-state index contributed by atoms with van der Waals surface area (Å²) in [5.74, 6) is 0. The molecule has 11 rings (SSSR count). The molecular weight excluding hydrogens is 784 g/mol. The van der Waals surface area contributed by atoms with Gasteiger partial charge in [-0.2, -0.15) is 0 Å². The van der Waals surface area contributed by atoms with Gasteiger partial charge in [-0.05, 0) is 142 Å². The highest BCUT2D eigenvalue weighted by atomic mass is 15.0. The van der Waals surface area contributed by atoms with Crippen LogP contribution >= 0.6 is 0 Å². The molecule has 0 bridgehead atoms. The highest BCUT2D eigenvalue weighted by Crippen LogP contribution is 2.48. The number of rotatable bonds is 2. The Hall–Kier alpha value is -5.80. The molecule has 0 aliphatic carbocycles. The zero-order valence-corrected chi connectivity index (χ0v) is 41.5. The maximum absolute atomic E-state index is 2.75. The summed E-state index contributed by atoms with van der Waals surface area (Å²) in [6.45, 7) is 35.1. The van der Waals surface area contributed by atoms with Crippen LogP contribution in [-0.4, -0.2) is 15.9 Å². The number of benzene rings is 7. The average Bonchev–Trinajstić information content (AvgIpc) is 3.74. The van der Waals surface area contributed by atoms with Gasteiger partial charge in [-0.3, -0.25) is 0 Å². The number of fused-ring (bicyclic) bond motifs is 10. The molecule has 0 atom stereocenters. The Morgan fingerprint density at radius 2 is 0.800 bits per heavy atom. The first-order valence-corrected chi connectivity index (χ1v) is 24.0. The van der Waals surface area contributed by atoms with Gasteiger partial charge in [-0.1, -0.05) is 177 Å². The highest BCUT2D eigenvalue weighted by Gasteiger charge is 2.43. The average molecular weight is 849 g/mol. The second-order valence-corrected chi connectivity index (χ2v) is 24.8. The molecule has 0 radical (unpaired) electrons. The minimum absolute atomic E-state index is 0.0148. The molecule has 0 unspecified atom stereocenters. The molecule has 3 heteroatoms. The van der Waals surface area contributed by atoms with E-state index in [0.717, 1.165) is 0 Å². The Balaban J connectivity index is 1.30. The van der Waals surface area contributed by atoms with E-state index in [2.05, 4.69) is 234 Å². The van der Waals surface area contributed by atoms with Gasteiger partial charge in [0.1, 0.15) is 0 Å². The summed E-state index contributed by atoms with van der Waals surface area (Å²) in [5.41, 5.74) is 24.0. The van der Waals surface area contributed by atoms with Crippen molar-refractivity contribution < 1.29 is 0 Å². The van der Waals surface area contributed by atoms with E-state index < -0.39 is 0 Å². The fourth-order valence-electron chi connectivity index (χ4n) is 11.1. The molecule has 326 valence electrons. The molecule has 2 aliphatic heterocycles. The Morgan fingerprint density at radius 3 is 1.38 bits per heavy atom. The summed E-state index contributed by atoms with van der Waals surface area (Å²) >= 11 is 0. The van der Waals surface area contributed by atoms with E-state index in [1.165, 1.54) is 121 Å². The minimum atomic E-state index is -0.0695. The number of aromatic nitrogens is 2. The Bertz CT molecular complexity index is 3460. The first-order chi connectivity index (χ1) is 30.4. The lowest BCUT2D eigenvalue weighted by molar-refractivity contribution is 0.590. The van der Waals surface area contributed by atoms with Gasteiger partial charge in [-0.15, -0.1) is 0 Å². The normalized spacial score (nSPS) is 14.0. The van der Waals surface area contributed by atoms with Gasteiger partial charge in [0.05, 0.1) is 11.0 Å². The van der Waals surface area contributed by atoms with Crippen LogP contribution in [0, 0.1) is 0 Å². The lowest BCUT2D eigenvalue weighted by atomic mass is 9.45. The molecule has 65 heavy (non-hydrogen) atoms. The Labute approximate surface area is 387 Å². The fourth-order valence-corrected chi connectivity index (χ4v) is 11.1. The highest BCUT2D eigenvalue weighted by molar-refractivity contribution is 6.90. The van der Waals surface area contributed by atoms with Gasteiger partial charge < -0.3 is 9.05 Å². The summed E-state index contributed by atoms with van der Waals surface area (Å²) in [6, 6.07) is 48.5. The minimum Gasteiger partial charge on any atom is -0.375 e. The summed E-state index contributed by atoms with van der Waals surface area (Å²) in [4.78, 5) is 0. The van der Waals surface area contributed by atoms with Crippen molar-refractivity contribution in [1.29, 1.82) is 0 Å². The van der Waals surface area contributed by atoms with Gasteiger partial charge in [-0.25, -0.2) is 0 Å². The van der Waals surface area contributed by atoms with Crippen molar-refractivity contribution in [3.63, 3.8) is 0 Å². The predicted molar refractivity (Wildman–Crippen MR) is 284 cm³/mol. The molecule has 0 saturated heterocycles. The van der Waals surface area contributed by atoms with Crippen molar-refractivity contribution in [2.24, 2.45) is 0 Å². The third-order valence-electron chi connectivity index (χ3n) is 15.1. The molecule has 0 fully saturated rings. The van der Waals surface area contributed by atoms with Crippen LogP contribution in [0.15, 0.2) is 121 Å². The van der Waals surface area contributed by atoms with Gasteiger partial charge in [0.2, 0.25) is 0 Å². The molecule has 2 aliphatic rings. The molecule has 0 spiro atoms. The van der Waals surface area contributed by atoms with Crippen LogP contribution < -0.4 is 10.9 Å². The van der Waals surface area contributed by atoms with E-state index in [4.69, 9.17) is 0 Å². The molecule has 9 aromatic rings. The van der Waals surface area contributed by atoms with Crippen molar-refractivity contribution >= 4 is 61.4 Å². The maximum atomic E-state index is 2.75. The van der Waals surface area contributed by atoms with Crippen LogP contribution in [0.25, 0.3) is 82.7 Å². The summed E-state index contributed by atoms with van der Waals surface area (Å²) < 4.78 is 5.41. The lowest BCUT2D eigenvalue weighted by Crippen LogP contribution is -2.55. The van der Waals surface area contributed by atoms with E-state index in [-0.39, 0.29) is 33.9 Å². The van der Waals surface area contributed by atoms with Crippen LogP contribution in [0.4, 0.5) is 0 Å². The Kier molecular flexibility index (Phi) is 8.64. The van der Waals surface area contributed by atoms with Crippen molar-refractivity contribution in [2.75, 3.05) is 0 Å². The second kappa shape index (κ2) is 13.4. The van der Waals surface area contributed by atoms with Crippen LogP contribution in [-0.2, 0) is 27.1 Å². The molecular formula is C62H65BN2. The van der Waals surface area contributed by atoms with Gasteiger partial charge in [0.25, 0.3) is 0 Å². The van der Waals surface area contributed by atoms with Gasteiger partial charge in [0.15, 0.2) is 0 Å². The first-order valence-electron chi connectivity index (χ1n) is 24.0. The van der Waals surface area contributed by atoms with E-state index in [0.29, 0.717) is 0 Å². The Morgan fingerprint density at radius 1 is 0.338 bits per heavy atom. The van der Waals surface area contributed by atoms with Crippen molar-refractivity contribution in [3.8, 4) is 39.1 Å². The van der Waals surface area contributed by atoms with E-state index in [9.17, 15) is 0 Å². The van der Waals surface area contributed by atoms with Crippen LogP contribution in [0.1, 0.15) is 132 Å². The largest absolute Gasteiger partial charge is 0.375 e. The zero-order chi connectivity index (χ0) is 46.1. The van der Waals surface area contributed by atoms with Crippen molar-refractivity contribution in [3.05, 3.63) is 149 Å². The molecule has 2 nitrogen and oxygen atoms in total. The van der Waals surface area contributed by atoms with Crippen LogP contribution in [0.2, 0.25) is 0 Å². The molecule has 0 N–H and O–H groups in total. The SMILES string of the molecule is CC(C)(C)c1ccc(-c2ccc3c(c2)c2cc(-c4ccc(C(C)(C)C)cc4)cc4c2n3B2c3c-4cc(C(C)(C)C)cc3-n3c4ccc(C(C)(C)C)cc4c4cc(C(C)(C)C)cc2c43)cc1. The summed E-state index contributed by atoms with van der Waals surface area (Å²) in [6.07, 6.45) is 0. The second-order valence-electron chi connectivity index (χ2n) is 24.8. The summed E-state index contributed by atoms with van der Waals surface area (Å²) in [5, 5.41) is 5.33. The smallest absolute Gasteiger partial charge is 0.333 e.